The molecule has 0 aliphatic carbocycles. The van der Waals surface area contributed by atoms with Crippen LogP contribution in [0.1, 0.15) is 107 Å². The zero-order valence-electron chi connectivity index (χ0n) is 83.4. The number of carbonyl (C=O) groups is 3. The number of anilines is 10. The number of hydrogen-bond acceptors (Lipinski definition) is 28. The van der Waals surface area contributed by atoms with Crippen LogP contribution in [-0.2, 0) is 49.7 Å². The molecule has 0 spiro atoms. The lowest BCUT2D eigenvalue weighted by Gasteiger charge is -2.29. The average molecular weight is 2070 g/mol. The number of rotatable bonds is 28. The Kier molecular flexibility index (Phi) is 36.0. The summed E-state index contributed by atoms with van der Waals surface area (Å²) >= 11 is 1.37. The van der Waals surface area contributed by atoms with Crippen molar-refractivity contribution in [3.8, 4) is 46.5 Å². The molecule has 0 bridgehead atoms. The van der Waals surface area contributed by atoms with E-state index < -0.39 is 79.2 Å². The summed E-state index contributed by atoms with van der Waals surface area (Å²) in [5.41, 5.74) is 6.75. The van der Waals surface area contributed by atoms with Crippen molar-refractivity contribution in [3.63, 3.8) is 0 Å². The molecule has 0 saturated carbocycles. The molecule has 0 saturated heterocycles. The average Bonchev–Trinajstić information content (AvgIpc) is 0.789. The Bertz CT molecular complexity index is 7360. The zero-order valence-corrected chi connectivity index (χ0v) is 85.0. The van der Waals surface area contributed by atoms with Gasteiger partial charge in [-0.3, -0.25) is 0 Å². The summed E-state index contributed by atoms with van der Waals surface area (Å²) in [6, 6.07) is 61.8. The van der Waals surface area contributed by atoms with Gasteiger partial charge in [0, 0.05) is 90.1 Å². The maximum atomic E-state index is 13.5. The van der Waals surface area contributed by atoms with Crippen LogP contribution in [0.15, 0.2) is 303 Å². The molecule has 0 fully saturated rings. The number of halogens is 8. The normalized spacial score (nSPS) is 11.2. The van der Waals surface area contributed by atoms with E-state index in [0.717, 1.165) is 64.8 Å². The molecule has 16 aromatic rings. The fourth-order valence-electron chi connectivity index (χ4n) is 13.5. The summed E-state index contributed by atoms with van der Waals surface area (Å²) in [4.78, 5) is 99.2. The first-order valence-corrected chi connectivity index (χ1v) is 48.9. The molecule has 149 heavy (non-hydrogen) atoms. The van der Waals surface area contributed by atoms with Crippen molar-refractivity contribution >= 4 is 97.3 Å². The lowest BCUT2D eigenvalue weighted by atomic mass is 10.1. The highest BCUT2D eigenvalue weighted by atomic mass is 32.2. The first-order valence-electron chi connectivity index (χ1n) is 45.8. The minimum atomic E-state index is -3.78. The Hall–Kier alpha value is -17.2. The van der Waals surface area contributed by atoms with Gasteiger partial charge in [0.25, 0.3) is 0 Å². The number of pyridine rings is 4. The fraction of sp³-hybridized carbons (Fsp3) is 0.202. The number of amides is 3. The van der Waals surface area contributed by atoms with Crippen LogP contribution < -0.4 is 48.8 Å². The van der Waals surface area contributed by atoms with Crippen molar-refractivity contribution in [2.24, 2.45) is 0 Å². The van der Waals surface area contributed by atoms with Crippen molar-refractivity contribution in [3.05, 3.63) is 384 Å². The Morgan fingerprint density at radius 2 is 0.584 bits per heavy atom. The molecule has 8 aromatic carbocycles. The summed E-state index contributed by atoms with van der Waals surface area (Å²) in [6.07, 6.45) is 12.4. The maximum absolute atomic E-state index is 13.5. The molecule has 16 rings (SSSR count). The highest BCUT2D eigenvalue weighted by Gasteiger charge is 2.34. The highest BCUT2D eigenvalue weighted by molar-refractivity contribution is 7.98. The molecular formula is C109H102F8N18O12S2. The standard InChI is InChI=1S/C29H29F2N5O3.C28H26F2N4O5S.C28H26F2N4O3S.C24H21F2N5O/c1-29(2,3)39-28(37)36(22-11-13-23(14-12-22)38-26-15-10-21(31)17-32-26)25-18-33-27(35(4)5)34-24(25)16-19-6-8-20(30)9-7-19;1-28(2,3)39-27(35)34(21-10-12-22(13-11-21)38-25-14-9-20(30)16-31-25)24-17-32-26(40(4,36)37)33-23(24)15-18-5-7-19(29)8-6-18;1-28(2,3)37-27(35)34(21-10-12-22(13-11-21)36-25-14-9-20(30)16-31-25)24-17-32-26(38-4)33-23(24)15-18-5-7-19(29)8-6-18;1-31(2)24-28-15-22(21(30-24)13-16-3-5-17(25)6-4-16)29-19-8-10-20(11-9-19)32-23-12-7-18(26)14-27-23/h6-15,17-18H,16H2,1-5H3;5-14,16-17H,15H2,1-4H3;5-14,16-17H,15H2,1-4H3;3-12,14-15,29H,13H2,1-2H3. The van der Waals surface area contributed by atoms with Gasteiger partial charge >= 0.3 is 18.3 Å². The Morgan fingerprint density at radius 3 is 0.872 bits per heavy atom. The lowest BCUT2D eigenvalue weighted by molar-refractivity contribution is 0.0587. The van der Waals surface area contributed by atoms with E-state index >= 15 is 0 Å². The minimum absolute atomic E-state index is 0.0668. The molecule has 0 aliphatic heterocycles. The van der Waals surface area contributed by atoms with Gasteiger partial charge in [0.1, 0.15) is 86.3 Å². The van der Waals surface area contributed by atoms with Gasteiger partial charge in [0.2, 0.25) is 50.4 Å². The molecule has 0 atom stereocenters. The predicted molar refractivity (Wildman–Crippen MR) is 550 cm³/mol. The van der Waals surface area contributed by atoms with Crippen LogP contribution in [-0.4, -0.2) is 144 Å². The summed E-state index contributed by atoms with van der Waals surface area (Å²) < 4.78 is 171. The number of hydrogen-bond donors (Lipinski definition) is 1. The molecule has 1 N–H and O–H groups in total. The van der Waals surface area contributed by atoms with Gasteiger partial charge in [-0.2, -0.15) is 0 Å². The third-order valence-electron chi connectivity index (χ3n) is 20.3. The Morgan fingerprint density at radius 1 is 0.315 bits per heavy atom. The van der Waals surface area contributed by atoms with Crippen molar-refractivity contribution in [2.75, 3.05) is 70.5 Å². The first-order chi connectivity index (χ1) is 70.8. The van der Waals surface area contributed by atoms with E-state index in [0.29, 0.717) is 111 Å². The number of aromatic nitrogens is 12. The van der Waals surface area contributed by atoms with E-state index in [9.17, 15) is 57.9 Å². The number of benzene rings is 8. The second-order valence-corrected chi connectivity index (χ2v) is 38.9. The molecule has 768 valence electrons. The Balaban J connectivity index is 0.000000166. The van der Waals surface area contributed by atoms with Crippen LogP contribution in [0.3, 0.4) is 0 Å². The maximum Gasteiger partial charge on any atom is 0.419 e. The molecule has 8 heterocycles. The van der Waals surface area contributed by atoms with Crippen LogP contribution in [0, 0.1) is 46.5 Å². The van der Waals surface area contributed by atoms with Gasteiger partial charge in [0.05, 0.1) is 112 Å². The molecule has 0 aliphatic rings. The minimum Gasteiger partial charge on any atom is -0.443 e. The SMILES string of the molecule is CC(C)(C)OC(=O)N(c1ccc(Oc2ccc(F)cn2)cc1)c1cnc(S(C)(=O)=O)nc1Cc1ccc(F)cc1.CN(C)c1ncc(N(C(=O)OC(C)(C)C)c2ccc(Oc3ccc(F)cn3)cc2)c(Cc2ccc(F)cc2)n1.CN(C)c1ncc(Nc2ccc(Oc3ccc(F)cn3)cc2)c(Cc2ccc(F)cc2)n1.CSc1ncc(N(C(=O)OC(C)(C)C)c2ccc(Oc3ccc(F)cn3)cc2)c(Cc2ccc(F)cc2)n1. The molecule has 0 unspecified atom stereocenters. The van der Waals surface area contributed by atoms with Crippen molar-refractivity contribution in [1.29, 1.82) is 0 Å². The number of sulfone groups is 1. The number of carbonyl (C=O) groups excluding carboxylic acids is 3. The molecule has 0 radical (unpaired) electrons. The third-order valence-corrected chi connectivity index (χ3v) is 21.8. The van der Waals surface area contributed by atoms with Gasteiger partial charge in [-0.25, -0.2) is 132 Å². The first kappa shape index (κ1) is 109. The highest BCUT2D eigenvalue weighted by Crippen LogP contribution is 2.40. The third kappa shape index (κ3) is 32.7. The summed E-state index contributed by atoms with van der Waals surface area (Å²) in [5, 5.41) is 3.44. The second kappa shape index (κ2) is 49.1. The lowest BCUT2D eigenvalue weighted by Crippen LogP contribution is -2.34. The smallest absolute Gasteiger partial charge is 0.419 e. The number of nitrogens with zero attached hydrogens (tertiary/aromatic N) is 17. The predicted octanol–water partition coefficient (Wildman–Crippen LogP) is 25.4. The number of ether oxygens (including phenoxy) is 7. The Labute approximate surface area is 859 Å². The summed E-state index contributed by atoms with van der Waals surface area (Å²) in [5.74, 6) is 0.535. The van der Waals surface area contributed by atoms with Crippen LogP contribution in [0.2, 0.25) is 0 Å². The molecule has 40 heteroatoms. The van der Waals surface area contributed by atoms with E-state index in [1.54, 1.807) is 207 Å². The molecule has 30 nitrogen and oxygen atoms in total. The monoisotopic (exact) mass is 2070 g/mol. The van der Waals surface area contributed by atoms with Gasteiger partial charge in [-0.15, -0.1) is 0 Å². The van der Waals surface area contributed by atoms with Crippen LogP contribution in [0.25, 0.3) is 0 Å². The number of thioether (sulfide) groups is 1. The van der Waals surface area contributed by atoms with Gasteiger partial charge in [0.15, 0.2) is 5.16 Å². The van der Waals surface area contributed by atoms with E-state index in [-0.39, 0.29) is 52.9 Å². The fourth-order valence-corrected chi connectivity index (χ4v) is 14.4. The van der Waals surface area contributed by atoms with Gasteiger partial charge in [-0.05, 0) is 261 Å². The summed E-state index contributed by atoms with van der Waals surface area (Å²) in [6.45, 7) is 15.8. The van der Waals surface area contributed by atoms with Crippen LogP contribution >= 0.6 is 11.8 Å². The van der Waals surface area contributed by atoms with Crippen molar-refractivity contribution in [1.82, 2.24) is 59.8 Å². The summed E-state index contributed by atoms with van der Waals surface area (Å²) in [7, 11) is 3.60. The largest absolute Gasteiger partial charge is 0.443 e. The van der Waals surface area contributed by atoms with E-state index in [1.165, 1.54) is 142 Å². The number of nitrogens with one attached hydrogen (secondary N) is 1. The van der Waals surface area contributed by atoms with E-state index in [2.05, 4.69) is 60.1 Å². The van der Waals surface area contributed by atoms with Crippen molar-refractivity contribution < 1.29 is 91.1 Å². The van der Waals surface area contributed by atoms with E-state index in [4.69, 9.17) is 38.1 Å². The molecule has 3 amide bonds. The molecular weight excluding hydrogens is 1970 g/mol. The van der Waals surface area contributed by atoms with Crippen LogP contribution in [0.4, 0.5) is 107 Å². The zero-order chi connectivity index (χ0) is 107. The second-order valence-electron chi connectivity index (χ2n) is 36.2. The molecule has 8 aromatic heterocycles. The van der Waals surface area contributed by atoms with Crippen LogP contribution in [0.5, 0.6) is 46.5 Å². The van der Waals surface area contributed by atoms with Gasteiger partial charge in [-0.1, -0.05) is 60.3 Å². The van der Waals surface area contributed by atoms with Gasteiger partial charge < -0.3 is 48.3 Å². The van der Waals surface area contributed by atoms with E-state index in [1.807, 2.05) is 51.5 Å². The van der Waals surface area contributed by atoms with Crippen molar-refractivity contribution in [2.45, 2.75) is 115 Å². The quantitative estimate of drug-likeness (QED) is 0.0206. The topological polar surface area (TPSA) is 333 Å².